The molecule has 1 saturated carbocycles. The monoisotopic (exact) mass is 242 g/mol. The second-order valence-electron chi connectivity index (χ2n) is 5.41. The van der Waals surface area contributed by atoms with Crippen LogP contribution in [0.4, 0.5) is 0 Å². The van der Waals surface area contributed by atoms with Crippen molar-refractivity contribution < 1.29 is 0 Å². The van der Waals surface area contributed by atoms with Crippen LogP contribution in [-0.2, 0) is 6.42 Å². The van der Waals surface area contributed by atoms with Gasteiger partial charge in [-0.3, -0.25) is 0 Å². The molecule has 2 aromatic rings. The SMILES string of the molecule is NCCc1cn(C2CCCCC2)c2ccccc12. The topological polar surface area (TPSA) is 30.9 Å². The molecule has 0 saturated heterocycles. The van der Waals surface area contributed by atoms with E-state index in [0.717, 1.165) is 13.0 Å². The molecule has 2 heteroatoms. The van der Waals surface area contributed by atoms with Gasteiger partial charge in [0.25, 0.3) is 0 Å². The van der Waals surface area contributed by atoms with Crippen molar-refractivity contribution >= 4 is 10.9 Å². The Bertz CT molecular complexity index is 521. The van der Waals surface area contributed by atoms with Crippen molar-refractivity contribution in [1.82, 2.24) is 4.57 Å². The number of fused-ring (bicyclic) bond motifs is 1. The number of nitrogens with zero attached hydrogens (tertiary/aromatic N) is 1. The molecule has 96 valence electrons. The number of hydrogen-bond acceptors (Lipinski definition) is 1. The van der Waals surface area contributed by atoms with Gasteiger partial charge in [0.05, 0.1) is 0 Å². The van der Waals surface area contributed by atoms with Crippen LogP contribution in [0.3, 0.4) is 0 Å². The molecule has 1 aliphatic carbocycles. The lowest BCUT2D eigenvalue weighted by Crippen LogP contribution is -2.11. The van der Waals surface area contributed by atoms with Crippen LogP contribution in [-0.4, -0.2) is 11.1 Å². The average molecular weight is 242 g/mol. The van der Waals surface area contributed by atoms with E-state index in [0.29, 0.717) is 6.04 Å². The fraction of sp³-hybridized carbons (Fsp3) is 0.500. The number of hydrogen-bond donors (Lipinski definition) is 1. The number of benzene rings is 1. The van der Waals surface area contributed by atoms with E-state index in [4.69, 9.17) is 5.73 Å². The summed E-state index contributed by atoms with van der Waals surface area (Å²) in [6, 6.07) is 9.47. The van der Waals surface area contributed by atoms with E-state index < -0.39 is 0 Å². The van der Waals surface area contributed by atoms with E-state index in [-0.39, 0.29) is 0 Å². The van der Waals surface area contributed by atoms with Gasteiger partial charge in [-0.2, -0.15) is 0 Å². The molecule has 1 aromatic heterocycles. The summed E-state index contributed by atoms with van der Waals surface area (Å²) in [6.07, 6.45) is 10.2. The van der Waals surface area contributed by atoms with Crippen molar-refractivity contribution in [3.05, 3.63) is 36.0 Å². The largest absolute Gasteiger partial charge is 0.344 e. The zero-order valence-corrected chi connectivity index (χ0v) is 10.9. The summed E-state index contributed by atoms with van der Waals surface area (Å²) in [5.74, 6) is 0. The first-order valence-electron chi connectivity index (χ1n) is 7.18. The zero-order valence-electron chi connectivity index (χ0n) is 10.9. The Morgan fingerprint density at radius 3 is 2.67 bits per heavy atom. The predicted molar refractivity (Wildman–Crippen MR) is 76.8 cm³/mol. The van der Waals surface area contributed by atoms with Crippen LogP contribution in [0.25, 0.3) is 10.9 Å². The van der Waals surface area contributed by atoms with Crippen molar-refractivity contribution in [2.45, 2.75) is 44.6 Å². The Morgan fingerprint density at radius 1 is 1.11 bits per heavy atom. The van der Waals surface area contributed by atoms with Crippen molar-refractivity contribution in [1.29, 1.82) is 0 Å². The van der Waals surface area contributed by atoms with Gasteiger partial charge in [0.1, 0.15) is 0 Å². The molecule has 1 aliphatic rings. The molecular weight excluding hydrogens is 220 g/mol. The summed E-state index contributed by atoms with van der Waals surface area (Å²) >= 11 is 0. The molecule has 0 spiro atoms. The second-order valence-corrected chi connectivity index (χ2v) is 5.41. The van der Waals surface area contributed by atoms with Crippen molar-refractivity contribution in [2.24, 2.45) is 5.73 Å². The van der Waals surface area contributed by atoms with E-state index >= 15 is 0 Å². The molecule has 0 radical (unpaired) electrons. The summed E-state index contributed by atoms with van der Waals surface area (Å²) in [7, 11) is 0. The van der Waals surface area contributed by atoms with Crippen LogP contribution in [0.1, 0.15) is 43.7 Å². The van der Waals surface area contributed by atoms with Gasteiger partial charge in [0.2, 0.25) is 0 Å². The third-order valence-corrected chi connectivity index (χ3v) is 4.20. The maximum atomic E-state index is 5.73. The maximum absolute atomic E-state index is 5.73. The molecule has 2 nitrogen and oxygen atoms in total. The molecule has 18 heavy (non-hydrogen) atoms. The van der Waals surface area contributed by atoms with Gasteiger partial charge >= 0.3 is 0 Å². The normalized spacial score (nSPS) is 17.4. The summed E-state index contributed by atoms with van der Waals surface area (Å²) < 4.78 is 2.51. The van der Waals surface area contributed by atoms with Gasteiger partial charge in [0.15, 0.2) is 0 Å². The molecule has 2 N–H and O–H groups in total. The number of nitrogens with two attached hydrogens (primary N) is 1. The first kappa shape index (κ1) is 11.8. The van der Waals surface area contributed by atoms with Gasteiger partial charge in [-0.05, 0) is 37.4 Å². The van der Waals surface area contributed by atoms with Crippen LogP contribution in [0.5, 0.6) is 0 Å². The van der Waals surface area contributed by atoms with E-state index in [1.54, 1.807) is 0 Å². The average Bonchev–Trinajstić information content (AvgIpc) is 2.80. The lowest BCUT2D eigenvalue weighted by Gasteiger charge is -2.24. The summed E-state index contributed by atoms with van der Waals surface area (Å²) in [6.45, 7) is 0.735. The summed E-state index contributed by atoms with van der Waals surface area (Å²) in [4.78, 5) is 0. The number of para-hydroxylation sites is 1. The van der Waals surface area contributed by atoms with Crippen molar-refractivity contribution in [3.8, 4) is 0 Å². The number of aromatic nitrogens is 1. The number of rotatable bonds is 3. The van der Waals surface area contributed by atoms with E-state index in [2.05, 4.69) is 35.0 Å². The highest BCUT2D eigenvalue weighted by Crippen LogP contribution is 2.33. The minimum Gasteiger partial charge on any atom is -0.344 e. The lowest BCUT2D eigenvalue weighted by atomic mass is 9.95. The Hall–Kier alpha value is -1.28. The minimum atomic E-state index is 0.704. The van der Waals surface area contributed by atoms with Crippen LogP contribution >= 0.6 is 0 Å². The van der Waals surface area contributed by atoms with E-state index in [9.17, 15) is 0 Å². The van der Waals surface area contributed by atoms with E-state index in [1.807, 2.05) is 0 Å². The van der Waals surface area contributed by atoms with Crippen LogP contribution < -0.4 is 5.73 Å². The molecule has 1 heterocycles. The van der Waals surface area contributed by atoms with Gasteiger partial charge in [-0.25, -0.2) is 0 Å². The smallest absolute Gasteiger partial charge is 0.0485 e. The van der Waals surface area contributed by atoms with Crippen LogP contribution in [0.2, 0.25) is 0 Å². The van der Waals surface area contributed by atoms with Crippen LogP contribution in [0, 0.1) is 0 Å². The minimum absolute atomic E-state index is 0.704. The highest BCUT2D eigenvalue weighted by molar-refractivity contribution is 5.84. The zero-order chi connectivity index (χ0) is 12.4. The predicted octanol–water partition coefficient (Wildman–Crippen LogP) is 3.65. The van der Waals surface area contributed by atoms with Crippen LogP contribution in [0.15, 0.2) is 30.5 Å². The van der Waals surface area contributed by atoms with Gasteiger partial charge < -0.3 is 10.3 Å². The highest BCUT2D eigenvalue weighted by Gasteiger charge is 2.18. The highest BCUT2D eigenvalue weighted by atomic mass is 15.0. The fourth-order valence-corrected chi connectivity index (χ4v) is 3.29. The third kappa shape index (κ3) is 2.05. The Labute approximate surface area is 109 Å². The standard InChI is InChI=1S/C16H22N2/c17-11-10-13-12-18(14-6-2-1-3-7-14)16-9-5-4-8-15(13)16/h4-5,8-9,12,14H,1-3,6-7,10-11,17H2. The van der Waals surface area contributed by atoms with E-state index in [1.165, 1.54) is 48.6 Å². The van der Waals surface area contributed by atoms with Gasteiger partial charge in [-0.1, -0.05) is 37.5 Å². The Balaban J connectivity index is 2.04. The van der Waals surface area contributed by atoms with Gasteiger partial charge in [-0.15, -0.1) is 0 Å². The molecule has 1 aromatic carbocycles. The molecule has 3 rings (SSSR count). The molecule has 1 fully saturated rings. The van der Waals surface area contributed by atoms with Crippen molar-refractivity contribution in [2.75, 3.05) is 6.54 Å². The maximum Gasteiger partial charge on any atom is 0.0485 e. The first-order chi connectivity index (χ1) is 8.90. The summed E-state index contributed by atoms with van der Waals surface area (Å²) in [5, 5.41) is 1.40. The Morgan fingerprint density at radius 2 is 1.89 bits per heavy atom. The second kappa shape index (κ2) is 5.15. The molecule has 0 unspecified atom stereocenters. The molecule has 0 amide bonds. The summed E-state index contributed by atoms with van der Waals surface area (Å²) in [5.41, 5.74) is 8.54. The van der Waals surface area contributed by atoms with Crippen molar-refractivity contribution in [3.63, 3.8) is 0 Å². The molecule has 0 atom stereocenters. The van der Waals surface area contributed by atoms with Gasteiger partial charge in [0, 0.05) is 23.1 Å². The Kier molecular flexibility index (Phi) is 3.37. The quantitative estimate of drug-likeness (QED) is 0.875. The molecular formula is C16H22N2. The first-order valence-corrected chi connectivity index (χ1v) is 7.18. The molecule has 0 aliphatic heterocycles. The lowest BCUT2D eigenvalue weighted by molar-refractivity contribution is 0.360. The molecule has 0 bridgehead atoms. The fourth-order valence-electron chi connectivity index (χ4n) is 3.29. The third-order valence-electron chi connectivity index (χ3n) is 4.20.